The van der Waals surface area contributed by atoms with Crippen LogP contribution in [-0.4, -0.2) is 56.7 Å². The number of nitrogens with zero attached hydrogens (tertiary/aromatic N) is 2. The van der Waals surface area contributed by atoms with E-state index >= 15 is 0 Å². The number of fused-ring (bicyclic) bond motifs is 1. The summed E-state index contributed by atoms with van der Waals surface area (Å²) < 4.78 is 5.74. The lowest BCUT2D eigenvalue weighted by atomic mass is 9.96. The number of para-hydroxylation sites is 1. The van der Waals surface area contributed by atoms with Gasteiger partial charge in [0.15, 0.2) is 0 Å². The minimum absolute atomic E-state index is 0.0932. The molecule has 4 rings (SSSR count). The van der Waals surface area contributed by atoms with Gasteiger partial charge >= 0.3 is 0 Å². The highest BCUT2D eigenvalue weighted by atomic mass is 35.5. The van der Waals surface area contributed by atoms with Gasteiger partial charge in [-0.05, 0) is 55.6 Å². The van der Waals surface area contributed by atoms with Crippen molar-refractivity contribution in [3.63, 3.8) is 0 Å². The van der Waals surface area contributed by atoms with Crippen molar-refractivity contribution in [3.8, 4) is 5.75 Å². The molecule has 2 aliphatic rings. The fourth-order valence-electron chi connectivity index (χ4n) is 4.29. The Kier molecular flexibility index (Phi) is 6.80. The molecule has 1 saturated heterocycles. The van der Waals surface area contributed by atoms with E-state index in [1.807, 2.05) is 30.3 Å². The summed E-state index contributed by atoms with van der Waals surface area (Å²) in [4.78, 5) is 17.4. The summed E-state index contributed by atoms with van der Waals surface area (Å²) in [6.45, 7) is 8.40. The fourth-order valence-corrected chi connectivity index (χ4v) is 4.46. The monoisotopic (exact) mass is 427 g/mol. The van der Waals surface area contributed by atoms with Crippen LogP contribution in [0.2, 0.25) is 5.02 Å². The molecular weight excluding hydrogens is 398 g/mol. The third-order valence-corrected chi connectivity index (χ3v) is 6.32. The second-order valence-electron chi connectivity index (χ2n) is 8.22. The molecule has 0 spiro atoms. The van der Waals surface area contributed by atoms with Gasteiger partial charge in [0.05, 0.1) is 5.92 Å². The molecule has 160 valence electrons. The normalized spacial score (nSPS) is 19.1. The minimum Gasteiger partial charge on any atom is -0.492 e. The standard InChI is InChI=1S/C24H30ClN3O2/c1-18-7-8-21(25)16-22(18)28-13-11-27(12-14-28)10-4-9-26-24(29)20-15-19-5-2-3-6-23(19)30-17-20/h2-3,5-8,16,20H,4,9-15,17H2,1H3,(H,26,29)/t20-/m0/s1. The van der Waals surface area contributed by atoms with Crippen molar-refractivity contribution in [2.75, 3.05) is 50.8 Å². The summed E-state index contributed by atoms with van der Waals surface area (Å²) in [7, 11) is 0. The number of carbonyl (C=O) groups excluding carboxylic acids is 1. The zero-order valence-electron chi connectivity index (χ0n) is 17.6. The van der Waals surface area contributed by atoms with Crippen molar-refractivity contribution in [1.82, 2.24) is 10.2 Å². The molecule has 0 unspecified atom stereocenters. The molecule has 2 aromatic rings. The Balaban J connectivity index is 1.16. The van der Waals surface area contributed by atoms with Crippen LogP contribution >= 0.6 is 11.6 Å². The molecule has 5 nitrogen and oxygen atoms in total. The van der Waals surface area contributed by atoms with Crippen LogP contribution in [0.5, 0.6) is 5.75 Å². The Morgan fingerprint density at radius 1 is 1.17 bits per heavy atom. The molecule has 1 amide bonds. The predicted octanol–water partition coefficient (Wildman–Crippen LogP) is 3.53. The summed E-state index contributed by atoms with van der Waals surface area (Å²) >= 11 is 6.18. The second-order valence-corrected chi connectivity index (χ2v) is 8.66. The Morgan fingerprint density at radius 2 is 1.97 bits per heavy atom. The van der Waals surface area contributed by atoms with Gasteiger partial charge in [0.25, 0.3) is 0 Å². The first kappa shape index (κ1) is 21.0. The molecule has 6 heteroatoms. The van der Waals surface area contributed by atoms with Crippen molar-refractivity contribution in [3.05, 3.63) is 58.6 Å². The highest BCUT2D eigenvalue weighted by molar-refractivity contribution is 6.30. The molecule has 0 saturated carbocycles. The van der Waals surface area contributed by atoms with Crippen LogP contribution in [0.25, 0.3) is 0 Å². The highest BCUT2D eigenvalue weighted by Gasteiger charge is 2.25. The van der Waals surface area contributed by atoms with E-state index in [2.05, 4.69) is 34.2 Å². The van der Waals surface area contributed by atoms with Gasteiger partial charge in [-0.3, -0.25) is 9.69 Å². The topological polar surface area (TPSA) is 44.8 Å². The number of carbonyl (C=O) groups is 1. The molecule has 1 N–H and O–H groups in total. The molecule has 2 heterocycles. The van der Waals surface area contributed by atoms with Gasteiger partial charge in [-0.15, -0.1) is 0 Å². The van der Waals surface area contributed by atoms with E-state index in [1.54, 1.807) is 0 Å². The first-order chi connectivity index (χ1) is 14.6. The van der Waals surface area contributed by atoms with Crippen LogP contribution in [-0.2, 0) is 11.2 Å². The first-order valence-corrected chi connectivity index (χ1v) is 11.2. The predicted molar refractivity (Wildman–Crippen MR) is 122 cm³/mol. The number of piperazine rings is 1. The van der Waals surface area contributed by atoms with E-state index in [9.17, 15) is 4.79 Å². The van der Waals surface area contributed by atoms with E-state index in [4.69, 9.17) is 16.3 Å². The van der Waals surface area contributed by atoms with Gasteiger partial charge in [-0.25, -0.2) is 0 Å². The number of benzene rings is 2. The Morgan fingerprint density at radius 3 is 2.80 bits per heavy atom. The minimum atomic E-state index is -0.0932. The van der Waals surface area contributed by atoms with Gasteiger partial charge in [0.1, 0.15) is 12.4 Å². The molecule has 0 aromatic heterocycles. The lowest BCUT2D eigenvalue weighted by Gasteiger charge is -2.37. The Hall–Kier alpha value is -2.24. The van der Waals surface area contributed by atoms with Crippen molar-refractivity contribution >= 4 is 23.2 Å². The third-order valence-electron chi connectivity index (χ3n) is 6.08. The van der Waals surface area contributed by atoms with Crippen molar-refractivity contribution in [1.29, 1.82) is 0 Å². The van der Waals surface area contributed by atoms with Crippen LogP contribution < -0.4 is 15.0 Å². The lowest BCUT2D eigenvalue weighted by Crippen LogP contribution is -2.47. The van der Waals surface area contributed by atoms with E-state index in [0.29, 0.717) is 13.2 Å². The van der Waals surface area contributed by atoms with Crippen LogP contribution in [0.3, 0.4) is 0 Å². The number of amides is 1. The summed E-state index contributed by atoms with van der Waals surface area (Å²) in [5.41, 5.74) is 3.63. The molecule has 0 aliphatic carbocycles. The number of hydrogen-bond donors (Lipinski definition) is 1. The number of nitrogens with one attached hydrogen (secondary N) is 1. The van der Waals surface area contributed by atoms with Gasteiger partial charge in [0, 0.05) is 43.4 Å². The fraction of sp³-hybridized carbons (Fsp3) is 0.458. The van der Waals surface area contributed by atoms with Gasteiger partial charge in [-0.2, -0.15) is 0 Å². The number of rotatable bonds is 6. The summed E-state index contributed by atoms with van der Waals surface area (Å²) in [5, 5.41) is 3.89. The molecular formula is C24H30ClN3O2. The van der Waals surface area contributed by atoms with Crippen LogP contribution in [0.1, 0.15) is 17.5 Å². The zero-order valence-corrected chi connectivity index (χ0v) is 18.3. The van der Waals surface area contributed by atoms with E-state index in [1.165, 1.54) is 11.3 Å². The molecule has 1 atom stereocenters. The molecule has 2 aromatic carbocycles. The van der Waals surface area contributed by atoms with Gasteiger partial charge in [-0.1, -0.05) is 35.9 Å². The number of halogens is 1. The van der Waals surface area contributed by atoms with E-state index in [0.717, 1.165) is 61.9 Å². The van der Waals surface area contributed by atoms with Crippen molar-refractivity contribution in [2.24, 2.45) is 5.92 Å². The smallest absolute Gasteiger partial charge is 0.226 e. The molecule has 0 bridgehead atoms. The maximum Gasteiger partial charge on any atom is 0.226 e. The molecule has 2 aliphatic heterocycles. The Bertz CT molecular complexity index is 881. The highest BCUT2D eigenvalue weighted by Crippen LogP contribution is 2.27. The van der Waals surface area contributed by atoms with E-state index in [-0.39, 0.29) is 11.8 Å². The SMILES string of the molecule is Cc1ccc(Cl)cc1N1CCN(CCCNC(=O)[C@@H]2COc3ccccc3C2)CC1. The first-order valence-electron chi connectivity index (χ1n) is 10.8. The number of hydrogen-bond acceptors (Lipinski definition) is 4. The maximum absolute atomic E-state index is 12.5. The molecule has 0 radical (unpaired) electrons. The molecule has 30 heavy (non-hydrogen) atoms. The quantitative estimate of drug-likeness (QED) is 0.716. The number of aryl methyl sites for hydroxylation is 1. The Labute approximate surface area is 184 Å². The van der Waals surface area contributed by atoms with Crippen molar-refractivity contribution < 1.29 is 9.53 Å². The molecule has 1 fully saturated rings. The average molecular weight is 428 g/mol. The average Bonchev–Trinajstić information content (AvgIpc) is 2.78. The number of anilines is 1. The summed E-state index contributed by atoms with van der Waals surface area (Å²) in [6.07, 6.45) is 1.72. The zero-order chi connectivity index (χ0) is 20.9. The largest absolute Gasteiger partial charge is 0.492 e. The van der Waals surface area contributed by atoms with E-state index < -0.39 is 0 Å². The number of ether oxygens (including phenoxy) is 1. The lowest BCUT2D eigenvalue weighted by molar-refractivity contribution is -0.126. The third kappa shape index (κ3) is 5.08. The summed E-state index contributed by atoms with van der Waals surface area (Å²) in [6, 6.07) is 14.1. The van der Waals surface area contributed by atoms with Crippen molar-refractivity contribution in [2.45, 2.75) is 19.8 Å². The van der Waals surface area contributed by atoms with Crippen LogP contribution in [0.4, 0.5) is 5.69 Å². The van der Waals surface area contributed by atoms with Crippen LogP contribution in [0.15, 0.2) is 42.5 Å². The van der Waals surface area contributed by atoms with Crippen LogP contribution in [0, 0.1) is 12.8 Å². The second kappa shape index (κ2) is 9.71. The summed E-state index contributed by atoms with van der Waals surface area (Å²) in [5.74, 6) is 0.920. The maximum atomic E-state index is 12.5. The van der Waals surface area contributed by atoms with Gasteiger partial charge < -0.3 is 15.0 Å². The van der Waals surface area contributed by atoms with Gasteiger partial charge in [0.2, 0.25) is 5.91 Å².